The number of ether oxygens (including phenoxy) is 2. The van der Waals surface area contributed by atoms with Gasteiger partial charge in [0.2, 0.25) is 0 Å². The summed E-state index contributed by atoms with van der Waals surface area (Å²) in [5, 5.41) is 0. The first-order chi connectivity index (χ1) is 11.7. The normalized spacial score (nSPS) is 15.2. The molecule has 1 aliphatic heterocycles. The summed E-state index contributed by atoms with van der Waals surface area (Å²) in [6.07, 6.45) is 0. The molecule has 2 aromatic rings. The lowest BCUT2D eigenvalue weighted by Gasteiger charge is -2.25. The highest BCUT2D eigenvalue weighted by atomic mass is 16.5. The molecule has 0 aromatic heterocycles. The molecule has 1 saturated heterocycles. The quantitative estimate of drug-likeness (QED) is 0.765. The van der Waals surface area contributed by atoms with Crippen LogP contribution >= 0.6 is 0 Å². The van der Waals surface area contributed by atoms with E-state index in [1.807, 2.05) is 36.4 Å². The maximum Gasteiger partial charge on any atom is 0.176 e. The van der Waals surface area contributed by atoms with Crippen molar-refractivity contribution in [3.63, 3.8) is 0 Å². The molecule has 4 nitrogen and oxygen atoms in total. The standard InChI is InChI=1S/C20H23NO3/c1-16-3-2-4-17(13-16)15-24-19-7-5-18(6-8-19)20(22)14-21-9-11-23-12-10-21/h2-8,13H,9-12,14-15H2,1H3. The van der Waals surface area contributed by atoms with Crippen molar-refractivity contribution < 1.29 is 14.3 Å². The molecule has 0 bridgehead atoms. The highest BCUT2D eigenvalue weighted by Gasteiger charge is 2.15. The van der Waals surface area contributed by atoms with E-state index in [2.05, 4.69) is 24.0 Å². The van der Waals surface area contributed by atoms with E-state index in [9.17, 15) is 4.79 Å². The topological polar surface area (TPSA) is 38.8 Å². The zero-order chi connectivity index (χ0) is 16.8. The first-order valence-corrected chi connectivity index (χ1v) is 8.32. The van der Waals surface area contributed by atoms with Crippen LogP contribution < -0.4 is 4.74 Å². The molecule has 0 spiro atoms. The van der Waals surface area contributed by atoms with Crippen molar-refractivity contribution in [2.45, 2.75) is 13.5 Å². The van der Waals surface area contributed by atoms with Crippen LogP contribution in [0.4, 0.5) is 0 Å². The Balaban J connectivity index is 1.53. The van der Waals surface area contributed by atoms with Crippen LogP contribution in [-0.2, 0) is 11.3 Å². The van der Waals surface area contributed by atoms with E-state index in [1.54, 1.807) is 0 Å². The van der Waals surface area contributed by atoms with Crippen molar-refractivity contribution in [1.82, 2.24) is 4.90 Å². The van der Waals surface area contributed by atoms with Crippen LogP contribution in [0.25, 0.3) is 0 Å². The van der Waals surface area contributed by atoms with Crippen molar-refractivity contribution in [3.05, 3.63) is 65.2 Å². The molecule has 1 aliphatic rings. The fourth-order valence-electron chi connectivity index (χ4n) is 2.76. The number of nitrogens with zero attached hydrogens (tertiary/aromatic N) is 1. The van der Waals surface area contributed by atoms with Gasteiger partial charge in [0.05, 0.1) is 19.8 Å². The first kappa shape index (κ1) is 16.7. The molecule has 0 saturated carbocycles. The molecule has 4 heteroatoms. The van der Waals surface area contributed by atoms with Gasteiger partial charge in [-0.25, -0.2) is 0 Å². The van der Waals surface area contributed by atoms with Crippen LogP contribution in [0.15, 0.2) is 48.5 Å². The predicted molar refractivity (Wildman–Crippen MR) is 93.5 cm³/mol. The van der Waals surface area contributed by atoms with Gasteiger partial charge in [-0.05, 0) is 36.8 Å². The number of carbonyl (C=O) groups excluding carboxylic acids is 1. The van der Waals surface area contributed by atoms with Gasteiger partial charge in [-0.3, -0.25) is 9.69 Å². The van der Waals surface area contributed by atoms with E-state index >= 15 is 0 Å². The van der Waals surface area contributed by atoms with Crippen molar-refractivity contribution in [1.29, 1.82) is 0 Å². The van der Waals surface area contributed by atoms with E-state index in [0.29, 0.717) is 26.4 Å². The summed E-state index contributed by atoms with van der Waals surface area (Å²) in [5.74, 6) is 0.918. The average molecular weight is 325 g/mol. The minimum Gasteiger partial charge on any atom is -0.489 e. The molecule has 0 unspecified atom stereocenters. The number of Topliss-reactive ketones (excluding diaryl/α,β-unsaturated/α-hetero) is 1. The van der Waals surface area contributed by atoms with Crippen molar-refractivity contribution in [2.75, 3.05) is 32.8 Å². The molecule has 0 radical (unpaired) electrons. The van der Waals surface area contributed by atoms with Gasteiger partial charge in [0, 0.05) is 18.7 Å². The van der Waals surface area contributed by atoms with E-state index < -0.39 is 0 Å². The molecule has 0 amide bonds. The van der Waals surface area contributed by atoms with Gasteiger partial charge in [0.15, 0.2) is 5.78 Å². The van der Waals surface area contributed by atoms with Gasteiger partial charge in [0.25, 0.3) is 0 Å². The summed E-state index contributed by atoms with van der Waals surface area (Å²) >= 11 is 0. The molecule has 126 valence electrons. The second-order valence-electron chi connectivity index (χ2n) is 6.11. The van der Waals surface area contributed by atoms with Crippen LogP contribution in [-0.4, -0.2) is 43.5 Å². The minimum absolute atomic E-state index is 0.141. The molecular formula is C20H23NO3. The maximum atomic E-state index is 12.3. The molecule has 24 heavy (non-hydrogen) atoms. The van der Waals surface area contributed by atoms with Crippen molar-refractivity contribution >= 4 is 5.78 Å². The predicted octanol–water partition coefficient (Wildman–Crippen LogP) is 3.09. The Morgan fingerprint density at radius 3 is 2.58 bits per heavy atom. The molecule has 0 N–H and O–H groups in total. The number of ketones is 1. The molecular weight excluding hydrogens is 302 g/mol. The Kier molecular flexibility index (Phi) is 5.62. The highest BCUT2D eigenvalue weighted by Crippen LogP contribution is 2.15. The van der Waals surface area contributed by atoms with E-state index in [4.69, 9.17) is 9.47 Å². The molecule has 2 aromatic carbocycles. The molecule has 0 atom stereocenters. The highest BCUT2D eigenvalue weighted by molar-refractivity contribution is 5.97. The number of carbonyl (C=O) groups is 1. The first-order valence-electron chi connectivity index (χ1n) is 8.32. The second-order valence-corrected chi connectivity index (χ2v) is 6.11. The van der Waals surface area contributed by atoms with Gasteiger partial charge in [-0.1, -0.05) is 29.8 Å². The van der Waals surface area contributed by atoms with E-state index in [1.165, 1.54) is 5.56 Å². The fourth-order valence-corrected chi connectivity index (χ4v) is 2.76. The lowest BCUT2D eigenvalue weighted by molar-refractivity contribution is 0.0371. The van der Waals surface area contributed by atoms with E-state index in [0.717, 1.165) is 30.0 Å². The molecule has 1 heterocycles. The molecule has 0 aliphatic carbocycles. The summed E-state index contributed by atoms with van der Waals surface area (Å²) in [6, 6.07) is 15.7. The van der Waals surface area contributed by atoms with Gasteiger partial charge in [-0.15, -0.1) is 0 Å². The second kappa shape index (κ2) is 8.08. The number of aryl methyl sites for hydroxylation is 1. The lowest BCUT2D eigenvalue weighted by Crippen LogP contribution is -2.39. The van der Waals surface area contributed by atoms with Crippen LogP contribution in [0.3, 0.4) is 0 Å². The van der Waals surface area contributed by atoms with Crippen LogP contribution in [0.2, 0.25) is 0 Å². The van der Waals surface area contributed by atoms with Crippen LogP contribution in [0.5, 0.6) is 5.75 Å². The van der Waals surface area contributed by atoms with Gasteiger partial charge >= 0.3 is 0 Å². The van der Waals surface area contributed by atoms with E-state index in [-0.39, 0.29) is 5.78 Å². The monoisotopic (exact) mass is 325 g/mol. The number of morpholine rings is 1. The lowest BCUT2D eigenvalue weighted by atomic mass is 10.1. The SMILES string of the molecule is Cc1cccc(COc2ccc(C(=O)CN3CCOCC3)cc2)c1. The smallest absolute Gasteiger partial charge is 0.176 e. The zero-order valence-corrected chi connectivity index (χ0v) is 14.0. The summed E-state index contributed by atoms with van der Waals surface area (Å²) in [4.78, 5) is 14.5. The van der Waals surface area contributed by atoms with Gasteiger partial charge in [-0.2, -0.15) is 0 Å². The molecule has 1 fully saturated rings. The fraction of sp³-hybridized carbons (Fsp3) is 0.350. The third-order valence-electron chi connectivity index (χ3n) is 4.14. The molecule has 3 rings (SSSR count). The Morgan fingerprint density at radius 2 is 1.88 bits per heavy atom. The Bertz CT molecular complexity index is 676. The summed E-state index contributed by atoms with van der Waals surface area (Å²) in [6.45, 7) is 6.11. The van der Waals surface area contributed by atoms with Crippen molar-refractivity contribution in [2.24, 2.45) is 0 Å². The maximum absolute atomic E-state index is 12.3. The Labute approximate surface area is 143 Å². The zero-order valence-electron chi connectivity index (χ0n) is 14.0. The largest absolute Gasteiger partial charge is 0.489 e. The number of hydrogen-bond donors (Lipinski definition) is 0. The number of hydrogen-bond acceptors (Lipinski definition) is 4. The Hall–Kier alpha value is -2.17. The third kappa shape index (κ3) is 4.66. The Morgan fingerprint density at radius 1 is 1.12 bits per heavy atom. The van der Waals surface area contributed by atoms with Gasteiger partial charge < -0.3 is 9.47 Å². The van der Waals surface area contributed by atoms with Gasteiger partial charge in [0.1, 0.15) is 12.4 Å². The summed E-state index contributed by atoms with van der Waals surface area (Å²) < 4.78 is 11.1. The third-order valence-corrected chi connectivity index (χ3v) is 4.14. The summed E-state index contributed by atoms with van der Waals surface area (Å²) in [7, 11) is 0. The average Bonchev–Trinajstić information content (AvgIpc) is 2.61. The minimum atomic E-state index is 0.141. The van der Waals surface area contributed by atoms with Crippen LogP contribution in [0, 0.1) is 6.92 Å². The van der Waals surface area contributed by atoms with Crippen molar-refractivity contribution in [3.8, 4) is 5.75 Å². The van der Waals surface area contributed by atoms with Crippen LogP contribution in [0.1, 0.15) is 21.5 Å². The number of rotatable bonds is 6. The number of benzene rings is 2. The summed E-state index contributed by atoms with van der Waals surface area (Å²) in [5.41, 5.74) is 3.09.